The van der Waals surface area contributed by atoms with E-state index in [-0.39, 0.29) is 19.6 Å². The van der Waals surface area contributed by atoms with Gasteiger partial charge in [0.1, 0.15) is 0 Å². The SMILES string of the molecule is C[C@H]1CCc2nc3ccccc3c(C(=O)OCC(=O)NCCC#N)c2C1. The third-order valence-electron chi connectivity index (χ3n) is 4.60. The number of hydrogen-bond acceptors (Lipinski definition) is 5. The smallest absolute Gasteiger partial charge is 0.339 e. The van der Waals surface area contributed by atoms with Crippen molar-refractivity contribution in [2.75, 3.05) is 13.2 Å². The van der Waals surface area contributed by atoms with Gasteiger partial charge < -0.3 is 10.1 Å². The number of pyridine rings is 1. The molecule has 0 spiro atoms. The fourth-order valence-corrected chi connectivity index (χ4v) is 3.31. The Morgan fingerprint density at radius 2 is 2.19 bits per heavy atom. The molecule has 1 aliphatic rings. The highest BCUT2D eigenvalue weighted by molar-refractivity contribution is 6.05. The molecule has 134 valence electrons. The Kier molecular flexibility index (Phi) is 5.47. The maximum atomic E-state index is 12.8. The molecular weight excluding hydrogens is 330 g/mol. The summed E-state index contributed by atoms with van der Waals surface area (Å²) in [5, 5.41) is 11.8. The summed E-state index contributed by atoms with van der Waals surface area (Å²) in [6, 6.07) is 9.46. The summed E-state index contributed by atoms with van der Waals surface area (Å²) >= 11 is 0. The van der Waals surface area contributed by atoms with Crippen LogP contribution in [0.15, 0.2) is 24.3 Å². The molecule has 6 nitrogen and oxygen atoms in total. The monoisotopic (exact) mass is 351 g/mol. The molecule has 3 rings (SSSR count). The number of benzene rings is 1. The van der Waals surface area contributed by atoms with E-state index in [1.165, 1.54) is 0 Å². The van der Waals surface area contributed by atoms with Crippen molar-refractivity contribution < 1.29 is 14.3 Å². The summed E-state index contributed by atoms with van der Waals surface area (Å²) in [6.45, 7) is 2.05. The molecule has 6 heteroatoms. The number of nitriles is 1. The molecule has 0 aliphatic heterocycles. The molecule has 1 aromatic carbocycles. The molecule has 0 fully saturated rings. The summed E-state index contributed by atoms with van der Waals surface area (Å²) in [5.74, 6) is -0.426. The Morgan fingerprint density at radius 3 is 3.00 bits per heavy atom. The summed E-state index contributed by atoms with van der Waals surface area (Å²) in [5.41, 5.74) is 3.19. The first-order valence-corrected chi connectivity index (χ1v) is 8.81. The number of carbonyl (C=O) groups excluding carboxylic acids is 2. The van der Waals surface area contributed by atoms with Crippen molar-refractivity contribution in [2.45, 2.75) is 32.6 Å². The van der Waals surface area contributed by atoms with Gasteiger partial charge in [0, 0.05) is 17.6 Å². The van der Waals surface area contributed by atoms with E-state index in [1.54, 1.807) is 0 Å². The second-order valence-electron chi connectivity index (χ2n) is 6.61. The van der Waals surface area contributed by atoms with Crippen LogP contribution in [0.1, 0.15) is 41.4 Å². The molecule has 1 N–H and O–H groups in total. The van der Waals surface area contributed by atoms with Gasteiger partial charge in [-0.2, -0.15) is 5.26 Å². The number of amides is 1. The van der Waals surface area contributed by atoms with Gasteiger partial charge >= 0.3 is 5.97 Å². The zero-order valence-electron chi connectivity index (χ0n) is 14.7. The average Bonchev–Trinajstić information content (AvgIpc) is 2.64. The van der Waals surface area contributed by atoms with Gasteiger partial charge in [-0.25, -0.2) is 4.79 Å². The number of aromatic nitrogens is 1. The first kappa shape index (κ1) is 17.9. The van der Waals surface area contributed by atoms with Crippen LogP contribution in [0.5, 0.6) is 0 Å². The van der Waals surface area contributed by atoms with Crippen LogP contribution in [-0.2, 0) is 22.4 Å². The molecular formula is C20H21N3O3. The minimum Gasteiger partial charge on any atom is -0.452 e. The van der Waals surface area contributed by atoms with Gasteiger partial charge in [-0.15, -0.1) is 0 Å². The summed E-state index contributed by atoms with van der Waals surface area (Å²) < 4.78 is 5.27. The third kappa shape index (κ3) is 3.83. The van der Waals surface area contributed by atoms with Gasteiger partial charge in [-0.1, -0.05) is 25.1 Å². The van der Waals surface area contributed by atoms with Crippen LogP contribution in [-0.4, -0.2) is 30.0 Å². The number of nitrogens with one attached hydrogen (secondary N) is 1. The molecule has 1 aliphatic carbocycles. The lowest BCUT2D eigenvalue weighted by Gasteiger charge is -2.24. The van der Waals surface area contributed by atoms with E-state index in [2.05, 4.69) is 12.2 Å². The summed E-state index contributed by atoms with van der Waals surface area (Å²) in [4.78, 5) is 29.3. The zero-order chi connectivity index (χ0) is 18.5. The predicted molar refractivity (Wildman–Crippen MR) is 96.5 cm³/mol. The number of hydrogen-bond donors (Lipinski definition) is 1. The second kappa shape index (κ2) is 7.96. The van der Waals surface area contributed by atoms with Crippen molar-refractivity contribution in [3.05, 3.63) is 41.1 Å². The number of para-hydroxylation sites is 1. The lowest BCUT2D eigenvalue weighted by Crippen LogP contribution is -2.30. The van der Waals surface area contributed by atoms with Gasteiger partial charge in [0.25, 0.3) is 5.91 Å². The van der Waals surface area contributed by atoms with Crippen molar-refractivity contribution in [1.29, 1.82) is 5.26 Å². The molecule has 0 radical (unpaired) electrons. The van der Waals surface area contributed by atoms with Gasteiger partial charge in [0.15, 0.2) is 6.61 Å². The van der Waals surface area contributed by atoms with Crippen molar-refractivity contribution in [2.24, 2.45) is 5.92 Å². The topological polar surface area (TPSA) is 92.1 Å². The van der Waals surface area contributed by atoms with Gasteiger partial charge in [0.05, 0.1) is 23.6 Å². The highest BCUT2D eigenvalue weighted by Gasteiger charge is 2.26. The first-order valence-electron chi connectivity index (χ1n) is 8.81. The maximum Gasteiger partial charge on any atom is 0.339 e. The zero-order valence-corrected chi connectivity index (χ0v) is 14.7. The number of fused-ring (bicyclic) bond motifs is 2. The van der Waals surface area contributed by atoms with E-state index in [0.717, 1.165) is 41.4 Å². The van der Waals surface area contributed by atoms with Crippen LogP contribution < -0.4 is 5.32 Å². The number of ether oxygens (including phenoxy) is 1. The van der Waals surface area contributed by atoms with Crippen LogP contribution >= 0.6 is 0 Å². The van der Waals surface area contributed by atoms with E-state index < -0.39 is 11.9 Å². The first-order chi connectivity index (χ1) is 12.6. The quantitative estimate of drug-likeness (QED) is 0.660. The number of esters is 1. The van der Waals surface area contributed by atoms with Crippen LogP contribution in [0.3, 0.4) is 0 Å². The van der Waals surface area contributed by atoms with E-state index in [0.29, 0.717) is 11.5 Å². The molecule has 26 heavy (non-hydrogen) atoms. The Balaban J connectivity index is 1.86. The summed E-state index contributed by atoms with van der Waals surface area (Å²) in [7, 11) is 0. The van der Waals surface area contributed by atoms with Gasteiger partial charge in [-0.3, -0.25) is 9.78 Å². The lowest BCUT2D eigenvalue weighted by atomic mass is 9.84. The standard InChI is InChI=1S/C20H21N3O3/c1-13-7-8-17-15(11-13)19(14-5-2-3-6-16(14)23-17)20(25)26-12-18(24)22-10-4-9-21/h2-3,5-6,13H,4,7-8,10-12H2,1H3,(H,22,24)/t13-/m0/s1. The molecule has 1 atom stereocenters. The fraction of sp³-hybridized carbons (Fsp3) is 0.400. The molecule has 0 unspecified atom stereocenters. The Hall–Kier alpha value is -2.94. The van der Waals surface area contributed by atoms with Crippen LogP contribution in [0, 0.1) is 17.2 Å². The van der Waals surface area contributed by atoms with Crippen molar-refractivity contribution in [3.8, 4) is 6.07 Å². The van der Waals surface area contributed by atoms with Gasteiger partial charge in [0.2, 0.25) is 0 Å². The van der Waals surface area contributed by atoms with Crippen molar-refractivity contribution >= 4 is 22.8 Å². The molecule has 0 bridgehead atoms. The molecule has 1 amide bonds. The molecule has 1 aromatic heterocycles. The Labute approximate surface area is 152 Å². The largest absolute Gasteiger partial charge is 0.452 e. The maximum absolute atomic E-state index is 12.8. The van der Waals surface area contributed by atoms with Gasteiger partial charge in [-0.05, 0) is 36.8 Å². The van der Waals surface area contributed by atoms with Crippen LogP contribution in [0.4, 0.5) is 0 Å². The van der Waals surface area contributed by atoms with E-state index in [9.17, 15) is 9.59 Å². The van der Waals surface area contributed by atoms with Crippen LogP contribution in [0.2, 0.25) is 0 Å². The number of carbonyl (C=O) groups is 2. The van der Waals surface area contributed by atoms with Crippen molar-refractivity contribution in [1.82, 2.24) is 10.3 Å². The molecule has 2 aromatic rings. The molecule has 1 heterocycles. The fourth-order valence-electron chi connectivity index (χ4n) is 3.31. The molecule has 0 saturated heterocycles. The number of nitrogens with zero attached hydrogens (tertiary/aromatic N) is 2. The van der Waals surface area contributed by atoms with Crippen LogP contribution in [0.25, 0.3) is 10.9 Å². The number of rotatable bonds is 5. The van der Waals surface area contributed by atoms with E-state index >= 15 is 0 Å². The van der Waals surface area contributed by atoms with E-state index in [1.807, 2.05) is 30.3 Å². The Morgan fingerprint density at radius 1 is 1.38 bits per heavy atom. The Bertz CT molecular complexity index is 886. The minimum atomic E-state index is -0.496. The van der Waals surface area contributed by atoms with E-state index in [4.69, 9.17) is 15.0 Å². The minimum absolute atomic E-state index is 0.222. The van der Waals surface area contributed by atoms with Crippen molar-refractivity contribution in [3.63, 3.8) is 0 Å². The normalized spacial score (nSPS) is 15.8. The third-order valence-corrected chi connectivity index (χ3v) is 4.60. The number of aryl methyl sites for hydroxylation is 1. The predicted octanol–water partition coefficient (Wildman–Crippen LogP) is 2.55. The summed E-state index contributed by atoms with van der Waals surface area (Å²) in [6.07, 6.45) is 2.90. The highest BCUT2D eigenvalue weighted by atomic mass is 16.5. The highest BCUT2D eigenvalue weighted by Crippen LogP contribution is 2.31. The average molecular weight is 351 g/mol. The lowest BCUT2D eigenvalue weighted by molar-refractivity contribution is -0.124. The second-order valence-corrected chi connectivity index (χ2v) is 6.61. The molecule has 0 saturated carbocycles.